The molecular weight excluding hydrogens is 358 g/mol. The molecule has 0 aliphatic rings. The van der Waals surface area contributed by atoms with Crippen LogP contribution in [-0.2, 0) is 11.3 Å². The molecule has 2 aromatic carbocycles. The molecule has 0 aliphatic heterocycles. The number of aromatic nitrogens is 2. The number of methoxy groups -OCH3 is 1. The lowest BCUT2D eigenvalue weighted by molar-refractivity contribution is -0.130. The Hall–Kier alpha value is -2.60. The molecule has 0 aliphatic carbocycles. The molecule has 0 saturated carbocycles. The summed E-state index contributed by atoms with van der Waals surface area (Å²) in [6, 6.07) is 15.6. The lowest BCUT2D eigenvalue weighted by atomic mass is 10.2. The Kier molecular flexibility index (Phi) is 6.65. The van der Waals surface area contributed by atoms with Gasteiger partial charge in [-0.25, -0.2) is 4.98 Å². The summed E-state index contributed by atoms with van der Waals surface area (Å²) in [5.74, 6) is 1.77. The standard InChI is InChI=1S/C21H23N3O2S/c1-24(15-16-8-3-6-11-19(16)26-2)21(25)12-7-13-27-20-14-22-17-9-4-5-10-18(17)23-20/h3-6,8-11,14H,7,12-13,15H2,1-2H3. The maximum atomic E-state index is 12.4. The van der Waals surface area contributed by atoms with E-state index < -0.39 is 0 Å². The summed E-state index contributed by atoms with van der Waals surface area (Å²) in [5.41, 5.74) is 2.81. The van der Waals surface area contributed by atoms with Gasteiger partial charge >= 0.3 is 0 Å². The first-order valence-electron chi connectivity index (χ1n) is 8.88. The van der Waals surface area contributed by atoms with Crippen molar-refractivity contribution in [3.8, 4) is 5.75 Å². The second-order valence-electron chi connectivity index (χ2n) is 6.21. The summed E-state index contributed by atoms with van der Waals surface area (Å²) < 4.78 is 5.35. The number of carbonyl (C=O) groups excluding carboxylic acids is 1. The van der Waals surface area contributed by atoms with Crippen molar-refractivity contribution < 1.29 is 9.53 Å². The van der Waals surface area contributed by atoms with Crippen LogP contribution < -0.4 is 4.74 Å². The molecule has 0 unspecified atom stereocenters. The van der Waals surface area contributed by atoms with E-state index in [2.05, 4.69) is 9.97 Å². The number of para-hydroxylation sites is 3. The summed E-state index contributed by atoms with van der Waals surface area (Å²) >= 11 is 1.63. The van der Waals surface area contributed by atoms with E-state index >= 15 is 0 Å². The largest absolute Gasteiger partial charge is 0.496 e. The molecule has 27 heavy (non-hydrogen) atoms. The molecule has 0 saturated heterocycles. The number of hydrogen-bond donors (Lipinski definition) is 0. The number of benzene rings is 2. The maximum Gasteiger partial charge on any atom is 0.222 e. The quantitative estimate of drug-likeness (QED) is 0.433. The molecule has 3 rings (SSSR count). The fourth-order valence-electron chi connectivity index (χ4n) is 2.78. The Labute approximate surface area is 163 Å². The maximum absolute atomic E-state index is 12.4. The van der Waals surface area contributed by atoms with Gasteiger partial charge in [-0.1, -0.05) is 30.3 Å². The van der Waals surface area contributed by atoms with Crippen molar-refractivity contribution in [2.75, 3.05) is 19.9 Å². The van der Waals surface area contributed by atoms with Crippen LogP contribution in [0, 0.1) is 0 Å². The van der Waals surface area contributed by atoms with Crippen molar-refractivity contribution in [2.45, 2.75) is 24.4 Å². The first-order chi connectivity index (χ1) is 13.2. The first kappa shape index (κ1) is 19.2. The average molecular weight is 382 g/mol. The summed E-state index contributed by atoms with van der Waals surface area (Å²) in [5, 5.41) is 0.892. The lowest BCUT2D eigenvalue weighted by Crippen LogP contribution is -2.26. The van der Waals surface area contributed by atoms with E-state index in [1.165, 1.54) is 0 Å². The molecule has 0 N–H and O–H groups in total. The number of amides is 1. The lowest BCUT2D eigenvalue weighted by Gasteiger charge is -2.18. The number of nitrogens with zero attached hydrogens (tertiary/aromatic N) is 3. The van der Waals surface area contributed by atoms with Gasteiger partial charge in [0.25, 0.3) is 0 Å². The SMILES string of the molecule is COc1ccccc1CN(C)C(=O)CCCSc1cnc2ccccc2n1. The average Bonchev–Trinajstić information content (AvgIpc) is 2.71. The Bertz CT molecular complexity index is 917. The van der Waals surface area contributed by atoms with E-state index in [4.69, 9.17) is 4.74 Å². The third-order valence-corrected chi connectivity index (χ3v) is 5.22. The minimum atomic E-state index is 0.131. The molecule has 1 heterocycles. The van der Waals surface area contributed by atoms with E-state index in [0.29, 0.717) is 13.0 Å². The number of fused-ring (bicyclic) bond motifs is 1. The van der Waals surface area contributed by atoms with Gasteiger partial charge in [0, 0.05) is 31.3 Å². The molecule has 6 heteroatoms. The van der Waals surface area contributed by atoms with Crippen molar-refractivity contribution in [1.82, 2.24) is 14.9 Å². The Morgan fingerprint density at radius 3 is 2.67 bits per heavy atom. The molecule has 0 fully saturated rings. The zero-order chi connectivity index (χ0) is 19.1. The van der Waals surface area contributed by atoms with Crippen molar-refractivity contribution in [3.05, 3.63) is 60.3 Å². The van der Waals surface area contributed by atoms with Crippen LogP contribution in [0.3, 0.4) is 0 Å². The van der Waals surface area contributed by atoms with Crippen LogP contribution in [0.1, 0.15) is 18.4 Å². The van der Waals surface area contributed by atoms with Crippen LogP contribution in [0.15, 0.2) is 59.8 Å². The molecule has 0 spiro atoms. The van der Waals surface area contributed by atoms with Gasteiger partial charge in [0.1, 0.15) is 10.8 Å². The highest BCUT2D eigenvalue weighted by atomic mass is 32.2. The zero-order valence-electron chi connectivity index (χ0n) is 15.6. The molecular formula is C21H23N3O2S. The number of carbonyl (C=O) groups is 1. The Balaban J connectivity index is 1.45. The van der Waals surface area contributed by atoms with E-state index in [9.17, 15) is 4.79 Å². The third kappa shape index (κ3) is 5.20. The van der Waals surface area contributed by atoms with Crippen LogP contribution in [-0.4, -0.2) is 40.7 Å². The number of ether oxygens (including phenoxy) is 1. The van der Waals surface area contributed by atoms with Crippen LogP contribution in [0.4, 0.5) is 0 Å². The molecule has 0 atom stereocenters. The van der Waals surface area contributed by atoms with Gasteiger partial charge in [0.2, 0.25) is 5.91 Å². The van der Waals surface area contributed by atoms with Gasteiger partial charge in [-0.2, -0.15) is 0 Å². The van der Waals surface area contributed by atoms with Crippen LogP contribution in [0.5, 0.6) is 5.75 Å². The molecule has 1 amide bonds. The fourth-order valence-corrected chi connectivity index (χ4v) is 3.57. The normalized spacial score (nSPS) is 10.7. The number of thioether (sulfide) groups is 1. The monoisotopic (exact) mass is 381 g/mol. The molecule has 140 valence electrons. The predicted octanol–water partition coefficient (Wildman–Crippen LogP) is 4.17. The second kappa shape index (κ2) is 9.37. The zero-order valence-corrected chi connectivity index (χ0v) is 16.4. The van der Waals surface area contributed by atoms with Gasteiger partial charge in [0.05, 0.1) is 24.3 Å². The second-order valence-corrected chi connectivity index (χ2v) is 7.33. The molecule has 0 radical (unpaired) electrons. The van der Waals surface area contributed by atoms with Crippen LogP contribution in [0.2, 0.25) is 0 Å². The van der Waals surface area contributed by atoms with Gasteiger partial charge in [-0.15, -0.1) is 11.8 Å². The highest BCUT2D eigenvalue weighted by molar-refractivity contribution is 7.99. The summed E-state index contributed by atoms with van der Waals surface area (Å²) in [6.45, 7) is 0.548. The molecule has 0 bridgehead atoms. The first-order valence-corrected chi connectivity index (χ1v) is 9.86. The molecule has 5 nitrogen and oxygen atoms in total. The van der Waals surface area contributed by atoms with E-state index in [-0.39, 0.29) is 5.91 Å². The fraction of sp³-hybridized carbons (Fsp3) is 0.286. The summed E-state index contributed by atoms with van der Waals surface area (Å²) in [4.78, 5) is 23.1. The van der Waals surface area contributed by atoms with Gasteiger partial charge < -0.3 is 9.64 Å². The van der Waals surface area contributed by atoms with Crippen LogP contribution >= 0.6 is 11.8 Å². The highest BCUT2D eigenvalue weighted by Crippen LogP contribution is 2.21. The smallest absolute Gasteiger partial charge is 0.222 e. The highest BCUT2D eigenvalue weighted by Gasteiger charge is 2.11. The predicted molar refractivity (Wildman–Crippen MR) is 109 cm³/mol. The van der Waals surface area contributed by atoms with Crippen molar-refractivity contribution >= 4 is 28.7 Å². The van der Waals surface area contributed by atoms with Crippen molar-refractivity contribution in [2.24, 2.45) is 0 Å². The number of rotatable bonds is 8. The molecule has 3 aromatic rings. The van der Waals surface area contributed by atoms with Gasteiger partial charge in [-0.3, -0.25) is 9.78 Å². The third-order valence-electron chi connectivity index (χ3n) is 4.24. The number of hydrogen-bond acceptors (Lipinski definition) is 5. The van der Waals surface area contributed by atoms with Gasteiger partial charge in [-0.05, 0) is 24.6 Å². The van der Waals surface area contributed by atoms with E-state index in [1.54, 1.807) is 30.0 Å². The van der Waals surface area contributed by atoms with E-state index in [1.807, 2.05) is 55.6 Å². The molecule has 1 aromatic heterocycles. The van der Waals surface area contributed by atoms with E-state index in [0.717, 1.165) is 39.5 Å². The Morgan fingerprint density at radius 1 is 1.11 bits per heavy atom. The minimum absolute atomic E-state index is 0.131. The Morgan fingerprint density at radius 2 is 1.85 bits per heavy atom. The topological polar surface area (TPSA) is 55.3 Å². The van der Waals surface area contributed by atoms with Crippen molar-refractivity contribution in [3.63, 3.8) is 0 Å². The summed E-state index contributed by atoms with van der Waals surface area (Å²) in [7, 11) is 3.48. The van der Waals surface area contributed by atoms with Crippen molar-refractivity contribution in [1.29, 1.82) is 0 Å². The minimum Gasteiger partial charge on any atom is -0.496 e. The van der Waals surface area contributed by atoms with Crippen LogP contribution in [0.25, 0.3) is 11.0 Å². The van der Waals surface area contributed by atoms with Gasteiger partial charge in [0.15, 0.2) is 0 Å². The summed E-state index contributed by atoms with van der Waals surface area (Å²) in [6.07, 6.45) is 3.11.